The van der Waals surface area contributed by atoms with E-state index in [-0.39, 0.29) is 11.9 Å². The molecule has 1 aliphatic heterocycles. The van der Waals surface area contributed by atoms with E-state index in [4.69, 9.17) is 23.8 Å². The Morgan fingerprint density at radius 3 is 2.54 bits per heavy atom. The molecule has 2 aromatic carbocycles. The van der Waals surface area contributed by atoms with Crippen LogP contribution in [0.4, 0.5) is 5.69 Å². The van der Waals surface area contributed by atoms with Gasteiger partial charge in [-0.3, -0.25) is 4.79 Å². The summed E-state index contributed by atoms with van der Waals surface area (Å²) in [5.41, 5.74) is 4.11. The first kappa shape index (κ1) is 18.4. The van der Waals surface area contributed by atoms with Crippen LogP contribution < -0.4 is 16.0 Å². The molecule has 0 radical (unpaired) electrons. The van der Waals surface area contributed by atoms with Gasteiger partial charge in [0.1, 0.15) is 0 Å². The summed E-state index contributed by atoms with van der Waals surface area (Å²) in [6.07, 6.45) is 0.965. The number of nitrogens with one attached hydrogen (secondary N) is 3. The van der Waals surface area contributed by atoms with Gasteiger partial charge in [0.25, 0.3) is 5.91 Å². The molecule has 1 aliphatic rings. The number of carbonyl (C=O) groups is 1. The van der Waals surface area contributed by atoms with Crippen LogP contribution in [0.25, 0.3) is 0 Å². The first-order valence-corrected chi connectivity index (χ1v) is 9.21. The standard InChI is InChI=1S/C20H20ClN3OS/c1-3-13-8-10-14(11-9-13)18-17(12(2)22-20(26)24-18)19(25)23-16-7-5-4-6-15(16)21/h4-11,18H,3H2,1-2H3,(H,23,25)(H2,22,24,26)/t18-/m1/s1. The van der Waals surface area contributed by atoms with Crippen LogP contribution in [-0.4, -0.2) is 11.0 Å². The molecular formula is C20H20ClN3OS. The van der Waals surface area contributed by atoms with Gasteiger partial charge in [-0.2, -0.15) is 0 Å². The number of para-hydroxylation sites is 1. The average Bonchev–Trinajstić information content (AvgIpc) is 2.63. The van der Waals surface area contributed by atoms with Gasteiger partial charge in [-0.15, -0.1) is 0 Å². The van der Waals surface area contributed by atoms with Crippen LogP contribution in [0.5, 0.6) is 0 Å². The molecular weight excluding hydrogens is 366 g/mol. The van der Waals surface area contributed by atoms with Crippen molar-refractivity contribution in [2.24, 2.45) is 0 Å². The number of anilines is 1. The number of allylic oxidation sites excluding steroid dienone is 1. The van der Waals surface area contributed by atoms with Crippen LogP contribution in [0.15, 0.2) is 59.8 Å². The van der Waals surface area contributed by atoms with Gasteiger partial charge >= 0.3 is 0 Å². The third kappa shape index (κ3) is 3.89. The fraction of sp³-hybridized carbons (Fsp3) is 0.200. The Bertz CT molecular complexity index is 877. The smallest absolute Gasteiger partial charge is 0.255 e. The molecule has 1 amide bonds. The number of benzene rings is 2. The van der Waals surface area contributed by atoms with Crippen LogP contribution in [-0.2, 0) is 11.2 Å². The highest BCUT2D eigenvalue weighted by atomic mass is 35.5. The minimum absolute atomic E-state index is 0.220. The number of hydrogen-bond donors (Lipinski definition) is 3. The van der Waals surface area contributed by atoms with Gasteiger partial charge in [-0.05, 0) is 48.8 Å². The monoisotopic (exact) mass is 385 g/mol. The van der Waals surface area contributed by atoms with Crippen molar-refractivity contribution in [3.05, 3.63) is 76.0 Å². The average molecular weight is 386 g/mol. The maximum Gasteiger partial charge on any atom is 0.255 e. The molecule has 2 aromatic rings. The lowest BCUT2D eigenvalue weighted by molar-refractivity contribution is -0.113. The summed E-state index contributed by atoms with van der Waals surface area (Å²) >= 11 is 11.5. The third-order valence-corrected chi connectivity index (χ3v) is 4.91. The van der Waals surface area contributed by atoms with E-state index in [9.17, 15) is 4.79 Å². The van der Waals surface area contributed by atoms with Crippen LogP contribution >= 0.6 is 23.8 Å². The maximum atomic E-state index is 13.0. The largest absolute Gasteiger partial charge is 0.351 e. The van der Waals surface area contributed by atoms with Crippen LogP contribution in [0.3, 0.4) is 0 Å². The van der Waals surface area contributed by atoms with Gasteiger partial charge in [0.2, 0.25) is 0 Å². The van der Waals surface area contributed by atoms with Crippen molar-refractivity contribution in [3.63, 3.8) is 0 Å². The van der Waals surface area contributed by atoms with E-state index in [1.165, 1.54) is 5.56 Å². The van der Waals surface area contributed by atoms with Gasteiger partial charge in [0, 0.05) is 5.70 Å². The van der Waals surface area contributed by atoms with E-state index in [2.05, 4.69) is 35.0 Å². The second-order valence-corrected chi connectivity index (χ2v) is 6.91. The Kier molecular flexibility index (Phi) is 5.59. The van der Waals surface area contributed by atoms with Crippen molar-refractivity contribution in [3.8, 4) is 0 Å². The molecule has 0 bridgehead atoms. The Labute approximate surface area is 163 Å². The van der Waals surface area contributed by atoms with E-state index in [0.717, 1.165) is 17.7 Å². The first-order valence-electron chi connectivity index (χ1n) is 8.42. The summed E-state index contributed by atoms with van der Waals surface area (Å²) in [4.78, 5) is 13.0. The molecule has 6 heteroatoms. The molecule has 4 nitrogen and oxygen atoms in total. The van der Waals surface area contributed by atoms with Crippen molar-refractivity contribution in [1.29, 1.82) is 0 Å². The van der Waals surface area contributed by atoms with E-state index in [1.54, 1.807) is 12.1 Å². The highest BCUT2D eigenvalue weighted by Crippen LogP contribution is 2.29. The topological polar surface area (TPSA) is 53.2 Å². The highest BCUT2D eigenvalue weighted by Gasteiger charge is 2.30. The summed E-state index contributed by atoms with van der Waals surface area (Å²) in [5.74, 6) is -0.220. The molecule has 0 unspecified atom stereocenters. The summed E-state index contributed by atoms with van der Waals surface area (Å²) in [7, 11) is 0. The minimum Gasteiger partial charge on any atom is -0.351 e. The van der Waals surface area contributed by atoms with Crippen molar-refractivity contribution in [2.45, 2.75) is 26.3 Å². The minimum atomic E-state index is -0.322. The SMILES string of the molecule is CCc1ccc([C@H]2NC(=S)NC(C)=C2C(=O)Nc2ccccc2Cl)cc1. The number of halogens is 1. The number of thiocarbonyl (C=S) groups is 1. The summed E-state index contributed by atoms with van der Waals surface area (Å²) < 4.78 is 0. The van der Waals surface area contributed by atoms with Crippen LogP contribution in [0, 0.1) is 0 Å². The van der Waals surface area contributed by atoms with Gasteiger partial charge in [-0.1, -0.05) is 54.9 Å². The third-order valence-electron chi connectivity index (χ3n) is 4.36. The van der Waals surface area contributed by atoms with E-state index < -0.39 is 0 Å². The fourth-order valence-corrected chi connectivity index (χ4v) is 3.40. The van der Waals surface area contributed by atoms with Gasteiger partial charge in [0.15, 0.2) is 5.11 Å². The predicted molar refractivity (Wildman–Crippen MR) is 110 cm³/mol. The normalized spacial score (nSPS) is 16.7. The van der Waals surface area contributed by atoms with Crippen LogP contribution in [0.2, 0.25) is 5.02 Å². The Hall–Kier alpha value is -2.37. The van der Waals surface area contributed by atoms with Gasteiger partial charge in [-0.25, -0.2) is 0 Å². The number of hydrogen-bond acceptors (Lipinski definition) is 2. The predicted octanol–water partition coefficient (Wildman–Crippen LogP) is 4.33. The molecule has 0 saturated carbocycles. The first-order chi connectivity index (χ1) is 12.5. The quantitative estimate of drug-likeness (QED) is 0.685. The molecule has 1 heterocycles. The molecule has 0 saturated heterocycles. The van der Waals surface area contributed by atoms with Gasteiger partial charge in [0.05, 0.1) is 22.3 Å². The lowest BCUT2D eigenvalue weighted by Gasteiger charge is -2.30. The summed E-state index contributed by atoms with van der Waals surface area (Å²) in [5, 5.41) is 10.1. The fourth-order valence-electron chi connectivity index (χ4n) is 2.94. The second-order valence-electron chi connectivity index (χ2n) is 6.10. The Morgan fingerprint density at radius 1 is 1.19 bits per heavy atom. The van der Waals surface area contributed by atoms with E-state index >= 15 is 0 Å². The zero-order chi connectivity index (χ0) is 18.7. The molecule has 3 N–H and O–H groups in total. The Morgan fingerprint density at radius 2 is 1.88 bits per heavy atom. The summed E-state index contributed by atoms with van der Waals surface area (Å²) in [6, 6.07) is 15.0. The lowest BCUT2D eigenvalue weighted by atomic mass is 9.94. The highest BCUT2D eigenvalue weighted by molar-refractivity contribution is 7.80. The number of aryl methyl sites for hydroxylation is 1. The molecule has 0 aromatic heterocycles. The second kappa shape index (κ2) is 7.89. The molecule has 0 fully saturated rings. The Balaban J connectivity index is 1.94. The van der Waals surface area contributed by atoms with Crippen molar-refractivity contribution < 1.29 is 4.79 Å². The van der Waals surface area contributed by atoms with E-state index in [1.807, 2.05) is 31.2 Å². The molecule has 1 atom stereocenters. The van der Waals surface area contributed by atoms with Crippen LogP contribution in [0.1, 0.15) is 31.0 Å². The number of amides is 1. The van der Waals surface area contributed by atoms with Gasteiger partial charge < -0.3 is 16.0 Å². The maximum absolute atomic E-state index is 13.0. The molecule has 0 aliphatic carbocycles. The lowest BCUT2D eigenvalue weighted by Crippen LogP contribution is -2.45. The zero-order valence-electron chi connectivity index (χ0n) is 14.6. The van der Waals surface area contributed by atoms with E-state index in [0.29, 0.717) is 21.4 Å². The number of rotatable bonds is 4. The zero-order valence-corrected chi connectivity index (χ0v) is 16.2. The van der Waals surface area contributed by atoms with Crippen molar-refractivity contribution in [1.82, 2.24) is 10.6 Å². The van der Waals surface area contributed by atoms with Crippen molar-refractivity contribution >= 4 is 40.5 Å². The summed E-state index contributed by atoms with van der Waals surface area (Å²) in [6.45, 7) is 3.96. The molecule has 3 rings (SSSR count). The molecule has 26 heavy (non-hydrogen) atoms. The van der Waals surface area contributed by atoms with Crippen molar-refractivity contribution in [2.75, 3.05) is 5.32 Å². The molecule has 134 valence electrons. The molecule has 0 spiro atoms. The number of carbonyl (C=O) groups excluding carboxylic acids is 1.